The van der Waals surface area contributed by atoms with Crippen LogP contribution in [0.15, 0.2) is 0 Å². The molecule has 0 unspecified atom stereocenters. The number of ether oxygens (including phenoxy) is 4. The van der Waals surface area contributed by atoms with Gasteiger partial charge in [0.1, 0.15) is 12.2 Å². The summed E-state index contributed by atoms with van der Waals surface area (Å²) in [5.74, 6) is -0.893. The second-order valence-corrected chi connectivity index (χ2v) is 4.89. The molecule has 5 nitrogen and oxygen atoms in total. The monoisotopic (exact) mass is 230 g/mol. The van der Waals surface area contributed by atoms with Gasteiger partial charge in [0.15, 0.2) is 23.5 Å². The van der Waals surface area contributed by atoms with Gasteiger partial charge in [-0.1, -0.05) is 0 Å². The van der Waals surface area contributed by atoms with Crippen LogP contribution in [0.2, 0.25) is 0 Å². The smallest absolute Gasteiger partial charge is 0.195 e. The Balaban J connectivity index is 2.35. The van der Waals surface area contributed by atoms with E-state index in [4.69, 9.17) is 18.9 Å². The van der Waals surface area contributed by atoms with Gasteiger partial charge in [-0.2, -0.15) is 0 Å². The minimum absolute atomic E-state index is 0.101. The molecule has 2 rings (SSSR count). The maximum atomic E-state index is 12.1. The predicted molar refractivity (Wildman–Crippen MR) is 54.8 cm³/mol. The number of Topliss-reactive ketones (excluding diaryl/α,β-unsaturated/α-hetero) is 1. The number of fused-ring (bicyclic) bond motifs is 1. The molecule has 0 bridgehead atoms. The molecule has 0 aromatic rings. The predicted octanol–water partition coefficient (Wildman–Crippen LogP) is 0.857. The largest absolute Gasteiger partial charge is 0.353 e. The fraction of sp³-hybridized carbons (Fsp3) is 0.909. The first-order valence-corrected chi connectivity index (χ1v) is 5.41. The zero-order valence-electron chi connectivity index (χ0n) is 10.3. The van der Waals surface area contributed by atoms with Crippen LogP contribution in [-0.2, 0) is 23.7 Å². The van der Waals surface area contributed by atoms with E-state index >= 15 is 0 Å². The van der Waals surface area contributed by atoms with Gasteiger partial charge < -0.3 is 18.9 Å². The summed E-state index contributed by atoms with van der Waals surface area (Å²) in [4.78, 5) is 12.1. The van der Waals surface area contributed by atoms with Crippen molar-refractivity contribution in [1.82, 2.24) is 0 Å². The normalized spacial score (nSPS) is 46.8. The maximum Gasteiger partial charge on any atom is 0.195 e. The first-order chi connectivity index (χ1) is 7.30. The summed E-state index contributed by atoms with van der Waals surface area (Å²) in [5, 5.41) is 0. The van der Waals surface area contributed by atoms with Crippen molar-refractivity contribution < 1.29 is 23.7 Å². The van der Waals surface area contributed by atoms with Crippen molar-refractivity contribution in [3.63, 3.8) is 0 Å². The number of hydrogen-bond donors (Lipinski definition) is 0. The Morgan fingerprint density at radius 2 is 1.94 bits per heavy atom. The Kier molecular flexibility index (Phi) is 2.62. The molecule has 0 radical (unpaired) electrons. The van der Waals surface area contributed by atoms with Crippen LogP contribution >= 0.6 is 0 Å². The molecule has 0 N–H and O–H groups in total. The lowest BCUT2D eigenvalue weighted by Crippen LogP contribution is -2.60. The molecule has 2 fully saturated rings. The Morgan fingerprint density at radius 3 is 2.50 bits per heavy atom. The van der Waals surface area contributed by atoms with Gasteiger partial charge in [-0.3, -0.25) is 4.79 Å². The average molecular weight is 230 g/mol. The van der Waals surface area contributed by atoms with Gasteiger partial charge in [-0.15, -0.1) is 0 Å². The van der Waals surface area contributed by atoms with Crippen LogP contribution in [0.1, 0.15) is 27.7 Å². The zero-order chi connectivity index (χ0) is 12.1. The van der Waals surface area contributed by atoms with Crippen LogP contribution in [0.25, 0.3) is 0 Å². The van der Waals surface area contributed by atoms with Crippen molar-refractivity contribution in [2.45, 2.75) is 57.6 Å². The SMILES string of the molecule is CO[C@@H]1O[C@@H](C)C(=O)[C@@]2(C)OC(C)(C)O[C@@H]12. The molecule has 0 saturated carbocycles. The molecule has 5 heteroatoms. The molecule has 0 aliphatic carbocycles. The number of carbonyl (C=O) groups is 1. The Labute approximate surface area is 95.0 Å². The zero-order valence-corrected chi connectivity index (χ0v) is 10.3. The van der Waals surface area contributed by atoms with Crippen molar-refractivity contribution in [3.05, 3.63) is 0 Å². The van der Waals surface area contributed by atoms with E-state index in [1.54, 1.807) is 27.7 Å². The Morgan fingerprint density at radius 1 is 1.31 bits per heavy atom. The van der Waals surface area contributed by atoms with Crippen molar-refractivity contribution in [2.24, 2.45) is 0 Å². The van der Waals surface area contributed by atoms with E-state index in [0.29, 0.717) is 0 Å². The van der Waals surface area contributed by atoms with Gasteiger partial charge in [0.2, 0.25) is 0 Å². The third kappa shape index (κ3) is 1.59. The Hall–Kier alpha value is -0.490. The summed E-state index contributed by atoms with van der Waals surface area (Å²) in [6.07, 6.45) is -1.63. The van der Waals surface area contributed by atoms with Crippen LogP contribution in [0.5, 0.6) is 0 Å². The van der Waals surface area contributed by atoms with E-state index in [2.05, 4.69) is 0 Å². The lowest BCUT2D eigenvalue weighted by Gasteiger charge is -2.39. The van der Waals surface area contributed by atoms with E-state index in [1.807, 2.05) is 0 Å². The number of ketones is 1. The molecule has 2 aliphatic heterocycles. The van der Waals surface area contributed by atoms with Gasteiger partial charge in [0.05, 0.1) is 0 Å². The highest BCUT2D eigenvalue weighted by molar-refractivity contribution is 5.92. The lowest BCUT2D eigenvalue weighted by molar-refractivity contribution is -0.240. The van der Waals surface area contributed by atoms with Crippen molar-refractivity contribution >= 4 is 5.78 Å². The summed E-state index contributed by atoms with van der Waals surface area (Å²) in [6, 6.07) is 0. The quantitative estimate of drug-likeness (QED) is 0.668. The van der Waals surface area contributed by atoms with Crippen LogP contribution < -0.4 is 0 Å². The van der Waals surface area contributed by atoms with Gasteiger partial charge >= 0.3 is 0 Å². The minimum Gasteiger partial charge on any atom is -0.353 e. The first kappa shape index (κ1) is 12.0. The van der Waals surface area contributed by atoms with Crippen molar-refractivity contribution in [3.8, 4) is 0 Å². The third-order valence-electron chi connectivity index (χ3n) is 3.09. The molecule has 0 aromatic carbocycles. The number of carbonyl (C=O) groups excluding carboxylic acids is 1. The highest BCUT2D eigenvalue weighted by Crippen LogP contribution is 2.43. The van der Waals surface area contributed by atoms with Gasteiger partial charge in [0, 0.05) is 7.11 Å². The summed E-state index contributed by atoms with van der Waals surface area (Å²) in [6.45, 7) is 6.99. The fourth-order valence-electron chi connectivity index (χ4n) is 2.43. The van der Waals surface area contributed by atoms with E-state index in [0.717, 1.165) is 0 Å². The molecule has 0 amide bonds. The van der Waals surface area contributed by atoms with E-state index in [-0.39, 0.29) is 5.78 Å². The standard InChI is InChI=1S/C11H18O5/c1-6-7(12)11(4)8(9(13-5)14-6)15-10(2,3)16-11/h6,8-9H,1-5H3/t6-,8-,9+,11+/m0/s1. The average Bonchev–Trinajstić information content (AvgIpc) is 2.44. The first-order valence-electron chi connectivity index (χ1n) is 5.41. The maximum absolute atomic E-state index is 12.1. The van der Waals surface area contributed by atoms with Gasteiger partial charge in [0.25, 0.3) is 0 Å². The molecular formula is C11H18O5. The summed E-state index contributed by atoms with van der Waals surface area (Å²) >= 11 is 0. The second kappa shape index (κ2) is 3.50. The van der Waals surface area contributed by atoms with E-state index in [1.165, 1.54) is 7.11 Å². The molecule has 0 spiro atoms. The Bertz CT molecular complexity index is 313. The third-order valence-corrected chi connectivity index (χ3v) is 3.09. The highest BCUT2D eigenvalue weighted by Gasteiger charge is 2.62. The summed E-state index contributed by atoms with van der Waals surface area (Å²) < 4.78 is 22.1. The highest BCUT2D eigenvalue weighted by atomic mass is 16.8. The van der Waals surface area contributed by atoms with E-state index in [9.17, 15) is 4.79 Å². The second-order valence-electron chi connectivity index (χ2n) is 4.89. The summed E-state index contributed by atoms with van der Waals surface area (Å²) in [7, 11) is 1.53. The van der Waals surface area contributed by atoms with Gasteiger partial charge in [-0.05, 0) is 27.7 Å². The van der Waals surface area contributed by atoms with Crippen LogP contribution in [0.3, 0.4) is 0 Å². The van der Waals surface area contributed by atoms with Crippen LogP contribution in [0, 0.1) is 0 Å². The number of hydrogen-bond acceptors (Lipinski definition) is 5. The van der Waals surface area contributed by atoms with Crippen LogP contribution in [0.4, 0.5) is 0 Å². The molecule has 2 saturated heterocycles. The lowest BCUT2D eigenvalue weighted by atomic mass is 9.88. The molecule has 0 aromatic heterocycles. The minimum atomic E-state index is -0.984. The topological polar surface area (TPSA) is 54.0 Å². The van der Waals surface area contributed by atoms with Crippen LogP contribution in [-0.4, -0.2) is 42.8 Å². The van der Waals surface area contributed by atoms with Crippen molar-refractivity contribution in [2.75, 3.05) is 7.11 Å². The number of rotatable bonds is 1. The fourth-order valence-corrected chi connectivity index (χ4v) is 2.43. The molecule has 92 valence electrons. The molecular weight excluding hydrogens is 212 g/mol. The number of methoxy groups -OCH3 is 1. The molecule has 4 atom stereocenters. The van der Waals surface area contributed by atoms with Gasteiger partial charge in [-0.25, -0.2) is 0 Å². The van der Waals surface area contributed by atoms with E-state index < -0.39 is 29.9 Å². The molecule has 16 heavy (non-hydrogen) atoms. The van der Waals surface area contributed by atoms with Crippen molar-refractivity contribution in [1.29, 1.82) is 0 Å². The summed E-state index contributed by atoms with van der Waals surface area (Å²) in [5.41, 5.74) is -0.984. The molecule has 2 aliphatic rings. The molecule has 2 heterocycles.